The highest BCUT2D eigenvalue weighted by Crippen LogP contribution is 2.41. The highest BCUT2D eigenvalue weighted by molar-refractivity contribution is 5.97. The first kappa shape index (κ1) is 32.4. The van der Waals surface area contributed by atoms with E-state index < -0.39 is 11.7 Å². The van der Waals surface area contributed by atoms with Gasteiger partial charge in [-0.3, -0.25) is 14.1 Å². The van der Waals surface area contributed by atoms with Gasteiger partial charge < -0.3 is 29.0 Å². The van der Waals surface area contributed by atoms with Crippen LogP contribution in [-0.4, -0.2) is 90.8 Å². The Balaban J connectivity index is 1.13. The van der Waals surface area contributed by atoms with Crippen molar-refractivity contribution in [2.24, 2.45) is 5.92 Å². The number of nitrogens with zero attached hydrogens (tertiary/aromatic N) is 6. The minimum atomic E-state index is -0.598. The van der Waals surface area contributed by atoms with Crippen LogP contribution in [0.2, 0.25) is 0 Å². The number of fused-ring (bicyclic) bond motifs is 4. The number of carbonyl (C=O) groups excluding carboxylic acids is 3. The third-order valence-corrected chi connectivity index (χ3v) is 10.7. The number of carbonyl (C=O) groups is 3. The highest BCUT2D eigenvalue weighted by atomic mass is 16.6. The van der Waals surface area contributed by atoms with Crippen LogP contribution in [0.25, 0.3) is 28.1 Å². The molecule has 4 fully saturated rings. The summed E-state index contributed by atoms with van der Waals surface area (Å²) >= 11 is 0. The molecule has 3 saturated heterocycles. The first-order chi connectivity index (χ1) is 23.9. The zero-order valence-corrected chi connectivity index (χ0v) is 29.6. The number of nitrogens with one attached hydrogen (secondary N) is 1. The zero-order chi connectivity index (χ0) is 35.1. The molecule has 3 amide bonds. The Morgan fingerprint density at radius 1 is 1.10 bits per heavy atom. The molecule has 1 aliphatic carbocycles. The van der Waals surface area contributed by atoms with E-state index in [1.54, 1.807) is 18.1 Å². The third-order valence-electron chi connectivity index (χ3n) is 10.7. The summed E-state index contributed by atoms with van der Waals surface area (Å²) in [5.41, 5.74) is 4.84. The van der Waals surface area contributed by atoms with Crippen LogP contribution in [0.15, 0.2) is 30.3 Å². The summed E-state index contributed by atoms with van der Waals surface area (Å²) in [6, 6.07) is 9.39. The van der Waals surface area contributed by atoms with E-state index in [4.69, 9.17) is 24.2 Å². The molecule has 7 heterocycles. The molecule has 0 unspecified atom stereocenters. The summed E-state index contributed by atoms with van der Waals surface area (Å²) in [5, 5.41) is 4.02. The fourth-order valence-electron chi connectivity index (χ4n) is 8.09. The number of hydrogen-bond acceptors (Lipinski definition) is 8. The van der Waals surface area contributed by atoms with Crippen LogP contribution >= 0.6 is 0 Å². The number of alkyl carbamates (subject to hydrolysis) is 1. The van der Waals surface area contributed by atoms with Crippen LogP contribution in [0.1, 0.15) is 87.6 Å². The Morgan fingerprint density at radius 2 is 1.90 bits per heavy atom. The number of ether oxygens (including phenoxy) is 3. The van der Waals surface area contributed by atoms with E-state index in [2.05, 4.69) is 22.0 Å². The third kappa shape index (κ3) is 5.60. The van der Waals surface area contributed by atoms with Gasteiger partial charge in [0.25, 0.3) is 5.91 Å². The van der Waals surface area contributed by atoms with Gasteiger partial charge in [0.15, 0.2) is 5.88 Å². The summed E-state index contributed by atoms with van der Waals surface area (Å²) in [6.07, 6.45) is 4.00. The van der Waals surface area contributed by atoms with Gasteiger partial charge in [-0.15, -0.1) is 0 Å². The normalized spacial score (nSPS) is 22.4. The van der Waals surface area contributed by atoms with E-state index >= 15 is 0 Å². The monoisotopic (exact) mass is 683 g/mol. The number of rotatable bonds is 8. The largest absolute Gasteiger partial charge is 0.482 e. The maximum Gasteiger partial charge on any atom is 0.410 e. The Labute approximate surface area is 290 Å². The van der Waals surface area contributed by atoms with Crippen LogP contribution in [-0.2, 0) is 16.0 Å². The van der Waals surface area contributed by atoms with Crippen molar-refractivity contribution in [1.29, 1.82) is 0 Å². The predicted octanol–water partition coefficient (Wildman–Crippen LogP) is 5.86. The van der Waals surface area contributed by atoms with Gasteiger partial charge in [0.2, 0.25) is 0 Å². The quantitative estimate of drug-likeness (QED) is 0.244. The fourth-order valence-corrected chi connectivity index (χ4v) is 8.09. The molecule has 8 rings (SSSR count). The Kier molecular flexibility index (Phi) is 7.72. The number of aromatic nitrogens is 4. The van der Waals surface area contributed by atoms with Gasteiger partial charge in [-0.2, -0.15) is 0 Å². The van der Waals surface area contributed by atoms with Gasteiger partial charge >= 0.3 is 12.2 Å². The minimum Gasteiger partial charge on any atom is -0.482 e. The molecule has 1 N–H and O–H groups in total. The molecular weight excluding hydrogens is 638 g/mol. The van der Waals surface area contributed by atoms with Gasteiger partial charge in [-0.1, -0.05) is 0 Å². The van der Waals surface area contributed by atoms with Gasteiger partial charge in [-0.25, -0.2) is 19.6 Å². The van der Waals surface area contributed by atoms with Gasteiger partial charge in [0.1, 0.15) is 29.2 Å². The highest BCUT2D eigenvalue weighted by Gasteiger charge is 2.49. The number of amides is 3. The van der Waals surface area contributed by atoms with Gasteiger partial charge in [0, 0.05) is 29.6 Å². The second-order valence-electron chi connectivity index (χ2n) is 15.2. The molecular formula is C37H45N7O6. The molecule has 3 aliphatic heterocycles. The molecule has 13 heteroatoms. The Morgan fingerprint density at radius 3 is 2.60 bits per heavy atom. The molecule has 13 nitrogen and oxygen atoms in total. The summed E-state index contributed by atoms with van der Waals surface area (Å²) in [7, 11) is 1.61. The number of methoxy groups -OCH3 is 1. The number of hydrogen-bond donors (Lipinski definition) is 1. The first-order valence-electron chi connectivity index (χ1n) is 17.7. The van der Waals surface area contributed by atoms with E-state index in [0.717, 1.165) is 53.2 Å². The second kappa shape index (κ2) is 11.9. The lowest BCUT2D eigenvalue weighted by Crippen LogP contribution is -2.46. The smallest absolute Gasteiger partial charge is 0.410 e. The summed E-state index contributed by atoms with van der Waals surface area (Å²) in [5.74, 6) is 1.000. The van der Waals surface area contributed by atoms with Crippen molar-refractivity contribution in [2.75, 3.05) is 20.3 Å². The zero-order valence-electron chi connectivity index (χ0n) is 29.6. The predicted molar refractivity (Wildman–Crippen MR) is 185 cm³/mol. The fraction of sp³-hybridized carbons (Fsp3) is 0.541. The molecule has 4 atom stereocenters. The summed E-state index contributed by atoms with van der Waals surface area (Å²) in [6.45, 7) is 11.3. The van der Waals surface area contributed by atoms with Crippen molar-refractivity contribution in [3.05, 3.63) is 47.3 Å². The van der Waals surface area contributed by atoms with Crippen molar-refractivity contribution in [1.82, 2.24) is 34.1 Å². The molecule has 1 saturated carbocycles. The van der Waals surface area contributed by atoms with Crippen LogP contribution in [0.3, 0.4) is 0 Å². The number of pyridine rings is 2. The summed E-state index contributed by atoms with van der Waals surface area (Å²) < 4.78 is 20.8. The molecule has 0 radical (unpaired) electrons. The van der Waals surface area contributed by atoms with Gasteiger partial charge in [-0.05, 0) is 96.9 Å². The van der Waals surface area contributed by atoms with E-state index in [1.165, 1.54) is 12.8 Å². The SMILES string of the molecule is COc1cc(C(=O)N2[C@H]3CC[C@@H]2[C@H](NC(=O)OC(C)(C)C)C3)cc2nc(-c3cc4ccc([C@@H](C)N5CCOC5=O)nc4n3CC3CC3)c(C)n12. The molecule has 0 spiro atoms. The van der Waals surface area contributed by atoms with Crippen molar-refractivity contribution in [3.8, 4) is 17.3 Å². The summed E-state index contributed by atoms with van der Waals surface area (Å²) in [4.78, 5) is 53.0. The maximum absolute atomic E-state index is 14.2. The van der Waals surface area contributed by atoms with Crippen molar-refractivity contribution < 1.29 is 28.6 Å². The minimum absolute atomic E-state index is 0.0426. The number of imidazole rings is 1. The average Bonchev–Trinajstić information content (AvgIpc) is 3.38. The lowest BCUT2D eigenvalue weighted by Gasteiger charge is -2.27. The van der Waals surface area contributed by atoms with Crippen molar-refractivity contribution in [2.45, 2.75) is 103 Å². The topological polar surface area (TPSA) is 133 Å². The standard InChI is InChI=1S/C37H45N7O6/c1-20(41-13-14-49-36(41)47)26-11-9-23-15-29(42(33(23)38-26)19-22-7-8-22)32-21(2)43-30(40-32)16-24(17-31(43)48-6)34(45)44-25-10-12-28(44)27(18-25)39-35(46)50-37(3,4)5/h9,11,15-17,20,22,25,27-28H,7-8,10,12-14,18-19H2,1-6H3,(H,39,46)/t20-,25+,27-,28-/m1/s1. The Hall–Kier alpha value is -4.81. The van der Waals surface area contributed by atoms with Crippen molar-refractivity contribution >= 4 is 34.8 Å². The first-order valence-corrected chi connectivity index (χ1v) is 17.7. The molecule has 4 aliphatic rings. The number of cyclic esters (lactones) is 1. The molecule has 2 bridgehead atoms. The molecule has 50 heavy (non-hydrogen) atoms. The molecule has 0 aromatic carbocycles. The lowest BCUT2D eigenvalue weighted by molar-refractivity contribution is 0.0484. The van der Waals surface area contributed by atoms with E-state index in [9.17, 15) is 14.4 Å². The van der Waals surface area contributed by atoms with Crippen LogP contribution in [0, 0.1) is 12.8 Å². The average molecular weight is 684 g/mol. The molecule has 4 aromatic rings. The number of aryl methyl sites for hydroxylation is 1. The van der Waals surface area contributed by atoms with Crippen molar-refractivity contribution in [3.63, 3.8) is 0 Å². The molecule has 4 aromatic heterocycles. The Bertz CT molecular complexity index is 2020. The van der Waals surface area contributed by atoms with E-state index in [0.29, 0.717) is 42.6 Å². The maximum atomic E-state index is 14.2. The van der Waals surface area contributed by atoms with Crippen LogP contribution in [0.4, 0.5) is 9.59 Å². The van der Waals surface area contributed by atoms with E-state index in [1.807, 2.05) is 56.1 Å². The van der Waals surface area contributed by atoms with E-state index in [-0.39, 0.29) is 36.2 Å². The van der Waals surface area contributed by atoms with Gasteiger partial charge in [0.05, 0.1) is 48.9 Å². The molecule has 264 valence electrons. The van der Waals surface area contributed by atoms with Crippen LogP contribution in [0.5, 0.6) is 5.88 Å². The lowest BCUT2D eigenvalue weighted by atomic mass is 9.96. The van der Waals surface area contributed by atoms with Crippen LogP contribution < -0.4 is 10.1 Å². The second-order valence-corrected chi connectivity index (χ2v) is 15.2.